The van der Waals surface area contributed by atoms with Crippen LogP contribution in [-0.2, 0) is 4.79 Å². The quantitative estimate of drug-likeness (QED) is 0.683. The maximum Gasteiger partial charge on any atom is 0.252 e. The Hall–Kier alpha value is -2.24. The molecule has 1 rings (SSSR count). The highest BCUT2D eigenvalue weighted by atomic mass is 16.5. The summed E-state index contributed by atoms with van der Waals surface area (Å²) in [4.78, 5) is 23.9. The maximum absolute atomic E-state index is 12.2. The summed E-state index contributed by atoms with van der Waals surface area (Å²) in [5, 5.41) is 5.32. The van der Waals surface area contributed by atoms with Gasteiger partial charge in [-0.3, -0.25) is 9.59 Å². The summed E-state index contributed by atoms with van der Waals surface area (Å²) in [6.07, 6.45) is 2.00. The molecule has 0 bridgehead atoms. The van der Waals surface area contributed by atoms with E-state index in [2.05, 4.69) is 17.6 Å². The van der Waals surface area contributed by atoms with Gasteiger partial charge in [0.25, 0.3) is 5.91 Å². The number of benzene rings is 1. The van der Waals surface area contributed by atoms with Gasteiger partial charge in [0.15, 0.2) is 11.5 Å². The van der Waals surface area contributed by atoms with Crippen molar-refractivity contribution in [2.24, 2.45) is 0 Å². The van der Waals surface area contributed by atoms with Crippen molar-refractivity contribution in [2.45, 2.75) is 39.7 Å². The number of carbonyl (C=O) groups excluding carboxylic acids is 2. The molecule has 23 heavy (non-hydrogen) atoms. The molecule has 0 fully saturated rings. The van der Waals surface area contributed by atoms with Gasteiger partial charge in [0.1, 0.15) is 6.04 Å². The summed E-state index contributed by atoms with van der Waals surface area (Å²) < 4.78 is 10.9. The van der Waals surface area contributed by atoms with E-state index in [1.165, 1.54) is 7.11 Å². The average Bonchev–Trinajstić information content (AvgIpc) is 2.55. The first-order valence-electron chi connectivity index (χ1n) is 7.92. The van der Waals surface area contributed by atoms with Gasteiger partial charge in [-0.15, -0.1) is 0 Å². The summed E-state index contributed by atoms with van der Waals surface area (Å²) >= 11 is 0. The minimum absolute atomic E-state index is 0.215. The molecule has 6 heteroatoms. The number of nitrogens with one attached hydrogen (secondary N) is 2. The Bertz CT molecular complexity index is 531. The Balaban J connectivity index is 2.76. The molecule has 1 aromatic rings. The Labute approximate surface area is 137 Å². The fourth-order valence-electron chi connectivity index (χ4n) is 1.93. The highest BCUT2D eigenvalue weighted by molar-refractivity contribution is 5.97. The summed E-state index contributed by atoms with van der Waals surface area (Å²) in [5.41, 5.74) is 0.417. The van der Waals surface area contributed by atoms with Gasteiger partial charge in [-0.1, -0.05) is 13.3 Å². The third-order valence-corrected chi connectivity index (χ3v) is 3.27. The first-order valence-corrected chi connectivity index (χ1v) is 7.92. The van der Waals surface area contributed by atoms with Crippen LogP contribution in [0.5, 0.6) is 11.5 Å². The molecule has 0 unspecified atom stereocenters. The molecule has 0 aromatic heterocycles. The largest absolute Gasteiger partial charge is 0.493 e. The van der Waals surface area contributed by atoms with E-state index in [1.807, 2.05) is 6.92 Å². The van der Waals surface area contributed by atoms with Crippen LogP contribution in [0.3, 0.4) is 0 Å². The van der Waals surface area contributed by atoms with Crippen LogP contribution in [0.15, 0.2) is 18.2 Å². The molecule has 0 saturated heterocycles. The summed E-state index contributed by atoms with van der Waals surface area (Å²) in [6.45, 7) is 6.68. The number of hydrogen-bond donors (Lipinski definition) is 2. The highest BCUT2D eigenvalue weighted by Crippen LogP contribution is 2.28. The van der Waals surface area contributed by atoms with Crippen LogP contribution in [0.4, 0.5) is 0 Å². The Kier molecular flexibility index (Phi) is 7.94. The molecule has 0 radical (unpaired) electrons. The number of methoxy groups -OCH3 is 1. The Morgan fingerprint density at radius 1 is 1.22 bits per heavy atom. The predicted octanol–water partition coefficient (Wildman–Crippen LogP) is 2.13. The first-order chi connectivity index (χ1) is 11.0. The normalized spacial score (nSPS) is 11.5. The lowest BCUT2D eigenvalue weighted by atomic mass is 10.1. The summed E-state index contributed by atoms with van der Waals surface area (Å²) in [6, 6.07) is 4.37. The SMILES string of the molecule is CCCCOc1ccc(C(=O)N[C@@H](C)C(=O)NCC)cc1OC. The van der Waals surface area contributed by atoms with Crippen LogP contribution in [0.25, 0.3) is 0 Å². The van der Waals surface area contributed by atoms with E-state index in [0.29, 0.717) is 30.2 Å². The average molecular weight is 322 g/mol. The predicted molar refractivity (Wildman–Crippen MR) is 89.0 cm³/mol. The first kappa shape index (κ1) is 18.8. The number of hydrogen-bond acceptors (Lipinski definition) is 4. The number of unbranched alkanes of at least 4 members (excludes halogenated alkanes) is 1. The number of carbonyl (C=O) groups is 2. The van der Waals surface area contributed by atoms with E-state index in [9.17, 15) is 9.59 Å². The van der Waals surface area contributed by atoms with E-state index >= 15 is 0 Å². The van der Waals surface area contributed by atoms with Crippen LogP contribution in [-0.4, -0.2) is 38.1 Å². The minimum atomic E-state index is -0.603. The molecule has 0 aliphatic carbocycles. The van der Waals surface area contributed by atoms with Crippen molar-refractivity contribution < 1.29 is 19.1 Å². The molecule has 6 nitrogen and oxygen atoms in total. The molecule has 2 N–H and O–H groups in total. The van der Waals surface area contributed by atoms with E-state index in [0.717, 1.165) is 12.8 Å². The molecule has 2 amide bonds. The molecular formula is C17H26N2O4. The van der Waals surface area contributed by atoms with Crippen molar-refractivity contribution >= 4 is 11.8 Å². The molecule has 128 valence electrons. The molecule has 1 aromatic carbocycles. The second kappa shape index (κ2) is 9.71. The number of amides is 2. The third kappa shape index (κ3) is 5.81. The topological polar surface area (TPSA) is 76.7 Å². The second-order valence-electron chi connectivity index (χ2n) is 5.16. The van der Waals surface area contributed by atoms with Gasteiger partial charge in [-0.2, -0.15) is 0 Å². The lowest BCUT2D eigenvalue weighted by molar-refractivity contribution is -0.122. The third-order valence-electron chi connectivity index (χ3n) is 3.27. The van der Waals surface area contributed by atoms with E-state index in [-0.39, 0.29) is 11.8 Å². The lowest BCUT2D eigenvalue weighted by Gasteiger charge is -2.15. The maximum atomic E-state index is 12.2. The number of rotatable bonds is 9. The summed E-state index contributed by atoms with van der Waals surface area (Å²) in [7, 11) is 1.53. The second-order valence-corrected chi connectivity index (χ2v) is 5.16. The van der Waals surface area contributed by atoms with Crippen molar-refractivity contribution in [1.82, 2.24) is 10.6 Å². The van der Waals surface area contributed by atoms with E-state index in [1.54, 1.807) is 25.1 Å². The molecule has 0 spiro atoms. The molecule has 0 aliphatic rings. The van der Waals surface area contributed by atoms with Gasteiger partial charge in [0, 0.05) is 12.1 Å². The Morgan fingerprint density at radius 2 is 1.96 bits per heavy atom. The van der Waals surface area contributed by atoms with Gasteiger partial charge in [0.05, 0.1) is 13.7 Å². The zero-order chi connectivity index (χ0) is 17.2. The zero-order valence-electron chi connectivity index (χ0n) is 14.3. The monoisotopic (exact) mass is 322 g/mol. The fourth-order valence-corrected chi connectivity index (χ4v) is 1.93. The zero-order valence-corrected chi connectivity index (χ0v) is 14.3. The molecule has 1 atom stereocenters. The van der Waals surface area contributed by atoms with Crippen LogP contribution in [0, 0.1) is 0 Å². The van der Waals surface area contributed by atoms with Gasteiger partial charge in [0.2, 0.25) is 5.91 Å². The smallest absolute Gasteiger partial charge is 0.252 e. The molecular weight excluding hydrogens is 296 g/mol. The van der Waals surface area contributed by atoms with Gasteiger partial charge >= 0.3 is 0 Å². The number of ether oxygens (including phenoxy) is 2. The summed E-state index contributed by atoms with van der Waals surface area (Å²) in [5.74, 6) is 0.559. The van der Waals surface area contributed by atoms with Gasteiger partial charge in [-0.05, 0) is 38.5 Å². The van der Waals surface area contributed by atoms with Crippen LogP contribution < -0.4 is 20.1 Å². The molecule has 0 aliphatic heterocycles. The van der Waals surface area contributed by atoms with Crippen LogP contribution >= 0.6 is 0 Å². The van der Waals surface area contributed by atoms with Crippen molar-refractivity contribution in [1.29, 1.82) is 0 Å². The standard InChI is InChI=1S/C17H26N2O4/c1-5-7-10-23-14-9-8-13(11-15(14)22-4)17(21)19-12(3)16(20)18-6-2/h8-9,11-12H,5-7,10H2,1-4H3,(H,18,20)(H,19,21)/t12-/m0/s1. The lowest BCUT2D eigenvalue weighted by Crippen LogP contribution is -2.44. The fraction of sp³-hybridized carbons (Fsp3) is 0.529. The van der Waals surface area contributed by atoms with E-state index < -0.39 is 6.04 Å². The van der Waals surface area contributed by atoms with Crippen molar-refractivity contribution in [3.63, 3.8) is 0 Å². The minimum Gasteiger partial charge on any atom is -0.493 e. The van der Waals surface area contributed by atoms with Crippen LogP contribution in [0.2, 0.25) is 0 Å². The van der Waals surface area contributed by atoms with Crippen molar-refractivity contribution in [2.75, 3.05) is 20.3 Å². The molecule has 0 saturated carbocycles. The van der Waals surface area contributed by atoms with Crippen molar-refractivity contribution in [3.8, 4) is 11.5 Å². The van der Waals surface area contributed by atoms with Crippen molar-refractivity contribution in [3.05, 3.63) is 23.8 Å². The number of likely N-dealkylation sites (N-methyl/N-ethyl adjacent to an activating group) is 1. The molecule has 0 heterocycles. The highest BCUT2D eigenvalue weighted by Gasteiger charge is 2.17. The Morgan fingerprint density at radius 3 is 2.57 bits per heavy atom. The van der Waals surface area contributed by atoms with Gasteiger partial charge < -0.3 is 20.1 Å². The van der Waals surface area contributed by atoms with E-state index in [4.69, 9.17) is 9.47 Å². The van der Waals surface area contributed by atoms with Crippen LogP contribution in [0.1, 0.15) is 44.0 Å². The van der Waals surface area contributed by atoms with Gasteiger partial charge in [-0.25, -0.2) is 0 Å².